The fourth-order valence-electron chi connectivity index (χ4n) is 3.27. The predicted octanol–water partition coefficient (Wildman–Crippen LogP) is 1.38. The summed E-state index contributed by atoms with van der Waals surface area (Å²) in [5.41, 5.74) is 4.82. The van der Waals surface area contributed by atoms with Crippen molar-refractivity contribution in [2.75, 3.05) is 13.1 Å². The Balaban J connectivity index is 0.00000156. The van der Waals surface area contributed by atoms with Gasteiger partial charge in [-0.25, -0.2) is 0 Å². The van der Waals surface area contributed by atoms with Gasteiger partial charge in [-0.15, -0.1) is 12.4 Å². The van der Waals surface area contributed by atoms with Crippen LogP contribution in [-0.4, -0.2) is 39.2 Å². The van der Waals surface area contributed by atoms with E-state index in [2.05, 4.69) is 15.5 Å². The van der Waals surface area contributed by atoms with Crippen molar-refractivity contribution in [3.8, 4) is 5.75 Å². The molecule has 2 aliphatic heterocycles. The average molecular weight is 335 g/mol. The molecular weight excluding hydrogens is 316 g/mol. The highest BCUT2D eigenvalue weighted by molar-refractivity contribution is 5.94. The predicted molar refractivity (Wildman–Crippen MR) is 87.8 cm³/mol. The Morgan fingerprint density at radius 1 is 1.26 bits per heavy atom. The molecule has 0 radical (unpaired) electrons. The van der Waals surface area contributed by atoms with E-state index in [9.17, 15) is 9.90 Å². The van der Waals surface area contributed by atoms with Gasteiger partial charge in [0, 0.05) is 43.9 Å². The second-order valence-corrected chi connectivity index (χ2v) is 5.89. The van der Waals surface area contributed by atoms with Gasteiger partial charge in [0.1, 0.15) is 5.75 Å². The zero-order chi connectivity index (χ0) is 15.1. The van der Waals surface area contributed by atoms with Gasteiger partial charge in [0.2, 0.25) is 0 Å². The Kier molecular flexibility index (Phi) is 4.28. The van der Waals surface area contributed by atoms with Crippen molar-refractivity contribution >= 4 is 18.3 Å². The van der Waals surface area contributed by atoms with Crippen LogP contribution in [0.25, 0.3) is 0 Å². The third kappa shape index (κ3) is 2.80. The van der Waals surface area contributed by atoms with Gasteiger partial charge in [-0.3, -0.25) is 9.89 Å². The number of phenols is 1. The van der Waals surface area contributed by atoms with Crippen LogP contribution >= 0.6 is 12.4 Å². The van der Waals surface area contributed by atoms with Crippen molar-refractivity contribution in [1.29, 1.82) is 0 Å². The number of aromatic nitrogens is 2. The molecule has 7 heteroatoms. The third-order valence-corrected chi connectivity index (χ3v) is 4.50. The van der Waals surface area contributed by atoms with Crippen molar-refractivity contribution in [3.05, 3.63) is 46.3 Å². The number of carbonyl (C=O) groups is 1. The largest absolute Gasteiger partial charge is 0.508 e. The molecule has 0 atom stereocenters. The number of benzene rings is 1. The van der Waals surface area contributed by atoms with Gasteiger partial charge in [-0.1, -0.05) is 6.07 Å². The van der Waals surface area contributed by atoms with E-state index in [-0.39, 0.29) is 24.1 Å². The van der Waals surface area contributed by atoms with E-state index in [0.717, 1.165) is 36.2 Å². The number of amides is 1. The molecule has 1 aromatic heterocycles. The molecule has 122 valence electrons. The number of aromatic hydroxyl groups is 1. The van der Waals surface area contributed by atoms with Crippen LogP contribution in [0, 0.1) is 0 Å². The van der Waals surface area contributed by atoms with Crippen LogP contribution in [0.15, 0.2) is 18.2 Å². The molecule has 1 aromatic carbocycles. The summed E-state index contributed by atoms with van der Waals surface area (Å²) in [4.78, 5) is 14.6. The molecule has 2 aromatic rings. The minimum absolute atomic E-state index is 0. The first-order valence-electron chi connectivity index (χ1n) is 7.59. The van der Waals surface area contributed by atoms with E-state index in [0.29, 0.717) is 25.3 Å². The van der Waals surface area contributed by atoms with Gasteiger partial charge in [-0.05, 0) is 29.7 Å². The third-order valence-electron chi connectivity index (χ3n) is 4.50. The molecule has 0 bridgehead atoms. The Hall–Kier alpha value is -2.05. The maximum atomic E-state index is 12.8. The molecule has 0 fully saturated rings. The smallest absolute Gasteiger partial charge is 0.275 e. The topological polar surface area (TPSA) is 81.2 Å². The first-order valence-corrected chi connectivity index (χ1v) is 7.59. The minimum atomic E-state index is -0.0322. The SMILES string of the molecule is Cl.O=C(c1n[nH]c2c1CNCC2)N1CCc2ccc(O)cc2C1. The summed E-state index contributed by atoms with van der Waals surface area (Å²) in [6.07, 6.45) is 1.69. The fraction of sp³-hybridized carbons (Fsp3) is 0.375. The zero-order valence-corrected chi connectivity index (χ0v) is 13.4. The number of nitrogens with one attached hydrogen (secondary N) is 2. The van der Waals surface area contributed by atoms with Crippen LogP contribution in [0.4, 0.5) is 0 Å². The molecule has 4 rings (SSSR count). The first kappa shape index (κ1) is 15.8. The van der Waals surface area contributed by atoms with Crippen molar-refractivity contribution in [2.45, 2.75) is 25.9 Å². The lowest BCUT2D eigenvalue weighted by atomic mass is 9.98. The summed E-state index contributed by atoms with van der Waals surface area (Å²) in [5.74, 6) is 0.213. The minimum Gasteiger partial charge on any atom is -0.508 e. The van der Waals surface area contributed by atoms with E-state index >= 15 is 0 Å². The second kappa shape index (κ2) is 6.22. The number of phenolic OH excluding ortho intramolecular Hbond substituents is 1. The molecule has 3 N–H and O–H groups in total. The summed E-state index contributed by atoms with van der Waals surface area (Å²) >= 11 is 0. The van der Waals surface area contributed by atoms with Gasteiger partial charge in [0.25, 0.3) is 5.91 Å². The molecule has 6 nitrogen and oxygen atoms in total. The fourth-order valence-corrected chi connectivity index (χ4v) is 3.27. The number of rotatable bonds is 1. The van der Waals surface area contributed by atoms with Crippen molar-refractivity contribution in [3.63, 3.8) is 0 Å². The normalized spacial score (nSPS) is 16.3. The lowest BCUT2D eigenvalue weighted by Crippen LogP contribution is -2.37. The maximum absolute atomic E-state index is 12.8. The number of hydrogen-bond acceptors (Lipinski definition) is 4. The number of aromatic amines is 1. The highest BCUT2D eigenvalue weighted by atomic mass is 35.5. The molecule has 0 saturated carbocycles. The van der Waals surface area contributed by atoms with Crippen LogP contribution in [0.2, 0.25) is 0 Å². The highest BCUT2D eigenvalue weighted by Crippen LogP contribution is 2.25. The van der Waals surface area contributed by atoms with Crippen LogP contribution in [0.1, 0.15) is 32.9 Å². The van der Waals surface area contributed by atoms with Crippen LogP contribution < -0.4 is 5.32 Å². The standard InChI is InChI=1S/C16H18N4O2.ClH/c21-12-2-1-10-4-6-20(9-11(10)7-12)16(22)15-13-8-17-5-3-14(13)18-19-15;/h1-2,7,17,21H,3-6,8-9H2,(H,18,19);1H. The number of fused-ring (bicyclic) bond motifs is 2. The quantitative estimate of drug-likeness (QED) is 0.736. The average Bonchev–Trinajstić information content (AvgIpc) is 2.97. The van der Waals surface area contributed by atoms with Gasteiger partial charge < -0.3 is 15.3 Å². The van der Waals surface area contributed by atoms with Crippen molar-refractivity contribution < 1.29 is 9.90 Å². The monoisotopic (exact) mass is 334 g/mol. The van der Waals surface area contributed by atoms with E-state index in [1.807, 2.05) is 11.0 Å². The van der Waals surface area contributed by atoms with Gasteiger partial charge in [0.05, 0.1) is 0 Å². The van der Waals surface area contributed by atoms with Crippen molar-refractivity contribution in [1.82, 2.24) is 20.4 Å². The van der Waals surface area contributed by atoms with Crippen LogP contribution in [0.5, 0.6) is 5.75 Å². The van der Waals surface area contributed by atoms with Crippen LogP contribution in [0.3, 0.4) is 0 Å². The maximum Gasteiger partial charge on any atom is 0.275 e. The number of hydrogen-bond donors (Lipinski definition) is 3. The van der Waals surface area contributed by atoms with E-state index in [4.69, 9.17) is 0 Å². The number of carbonyl (C=O) groups excluding carboxylic acids is 1. The van der Waals surface area contributed by atoms with Crippen LogP contribution in [-0.2, 0) is 25.9 Å². The Morgan fingerprint density at radius 3 is 3.00 bits per heavy atom. The molecule has 2 aliphatic rings. The molecule has 0 aliphatic carbocycles. The summed E-state index contributed by atoms with van der Waals surface area (Å²) in [6.45, 7) is 2.82. The molecule has 0 spiro atoms. The van der Waals surface area contributed by atoms with E-state index < -0.39 is 0 Å². The zero-order valence-electron chi connectivity index (χ0n) is 12.6. The molecule has 3 heterocycles. The molecule has 23 heavy (non-hydrogen) atoms. The summed E-state index contributed by atoms with van der Waals surface area (Å²) in [5, 5.41) is 20.1. The number of halogens is 1. The van der Waals surface area contributed by atoms with E-state index in [1.54, 1.807) is 12.1 Å². The molecule has 0 unspecified atom stereocenters. The van der Waals surface area contributed by atoms with Gasteiger partial charge >= 0.3 is 0 Å². The van der Waals surface area contributed by atoms with Gasteiger partial charge in [-0.2, -0.15) is 5.10 Å². The highest BCUT2D eigenvalue weighted by Gasteiger charge is 2.27. The first-order chi connectivity index (χ1) is 10.7. The number of H-pyrrole nitrogens is 1. The lowest BCUT2D eigenvalue weighted by Gasteiger charge is -2.29. The second-order valence-electron chi connectivity index (χ2n) is 5.89. The molecule has 0 saturated heterocycles. The van der Waals surface area contributed by atoms with Crippen molar-refractivity contribution in [2.24, 2.45) is 0 Å². The molecular formula is C16H19ClN4O2. The Bertz CT molecular complexity index is 744. The molecule has 1 amide bonds. The Morgan fingerprint density at radius 2 is 2.13 bits per heavy atom. The summed E-state index contributed by atoms with van der Waals surface area (Å²) in [7, 11) is 0. The lowest BCUT2D eigenvalue weighted by molar-refractivity contribution is 0.0727. The Labute approximate surface area is 140 Å². The van der Waals surface area contributed by atoms with E-state index in [1.165, 1.54) is 5.56 Å². The summed E-state index contributed by atoms with van der Waals surface area (Å²) < 4.78 is 0. The van der Waals surface area contributed by atoms with Gasteiger partial charge in [0.15, 0.2) is 5.69 Å². The number of nitrogens with zero attached hydrogens (tertiary/aromatic N) is 2. The summed E-state index contributed by atoms with van der Waals surface area (Å²) in [6, 6.07) is 5.38.